The molecule has 0 amide bonds. The molecule has 0 heterocycles. The molecule has 88 valence electrons. The Hall–Kier alpha value is -1.39. The number of carbonyl (C=O) groups excluding carboxylic acids is 1. The van der Waals surface area contributed by atoms with Crippen LogP contribution in [-0.4, -0.2) is 38.0 Å². The van der Waals surface area contributed by atoms with Gasteiger partial charge in [0.05, 0.1) is 13.2 Å². The Kier molecular flexibility index (Phi) is 5.53. The summed E-state index contributed by atoms with van der Waals surface area (Å²) in [5.74, 6) is -1.04. The molecule has 0 saturated heterocycles. The van der Waals surface area contributed by atoms with Gasteiger partial charge in [-0.05, 0) is 5.56 Å². The van der Waals surface area contributed by atoms with Gasteiger partial charge in [-0.25, -0.2) is 0 Å². The topological polar surface area (TPSA) is 55.8 Å². The fourth-order valence-corrected chi connectivity index (χ4v) is 1.33. The number of hydrogen-bond donors (Lipinski definition) is 1. The van der Waals surface area contributed by atoms with Crippen LogP contribution in [0.25, 0.3) is 0 Å². The maximum absolute atomic E-state index is 11.6. The van der Waals surface area contributed by atoms with Gasteiger partial charge in [0.15, 0.2) is 0 Å². The van der Waals surface area contributed by atoms with E-state index in [1.165, 1.54) is 7.11 Å². The van der Waals surface area contributed by atoms with E-state index in [1.54, 1.807) is 12.1 Å². The molecule has 4 nitrogen and oxygen atoms in total. The van der Waals surface area contributed by atoms with Crippen LogP contribution in [0.3, 0.4) is 0 Å². The molecular weight excluding hydrogens is 208 g/mol. The van der Waals surface area contributed by atoms with Crippen LogP contribution >= 0.6 is 0 Å². The average Bonchev–Trinajstić information content (AvgIpc) is 2.32. The third kappa shape index (κ3) is 3.64. The molecule has 0 aliphatic heterocycles. The number of rotatable bonds is 6. The minimum Gasteiger partial charge on any atom is -0.463 e. The summed E-state index contributed by atoms with van der Waals surface area (Å²) in [6.07, 6.45) is 0. The summed E-state index contributed by atoms with van der Waals surface area (Å²) >= 11 is 0. The van der Waals surface area contributed by atoms with Gasteiger partial charge in [0, 0.05) is 7.11 Å². The average molecular weight is 224 g/mol. The van der Waals surface area contributed by atoms with Crippen molar-refractivity contribution in [2.75, 3.05) is 26.9 Å². The Morgan fingerprint density at radius 3 is 2.56 bits per heavy atom. The van der Waals surface area contributed by atoms with Gasteiger partial charge in [0.25, 0.3) is 0 Å². The molecule has 1 atom stereocenters. The molecule has 1 rings (SSSR count). The zero-order valence-corrected chi connectivity index (χ0v) is 9.26. The second kappa shape index (κ2) is 6.98. The maximum atomic E-state index is 11.6. The molecular formula is C12H16O4. The number of hydrogen-bond acceptors (Lipinski definition) is 4. The minimum absolute atomic E-state index is 0.207. The summed E-state index contributed by atoms with van der Waals surface area (Å²) in [7, 11) is 1.54. The predicted octanol–water partition coefficient (Wildman–Crippen LogP) is 0.952. The van der Waals surface area contributed by atoms with E-state index >= 15 is 0 Å². The number of benzene rings is 1. The molecule has 1 aromatic rings. The van der Waals surface area contributed by atoms with E-state index in [0.29, 0.717) is 6.61 Å². The molecule has 0 aliphatic rings. The maximum Gasteiger partial charge on any atom is 0.315 e. The van der Waals surface area contributed by atoms with Crippen molar-refractivity contribution < 1.29 is 19.4 Å². The predicted molar refractivity (Wildman–Crippen MR) is 59.1 cm³/mol. The van der Waals surface area contributed by atoms with Gasteiger partial charge in [-0.3, -0.25) is 4.79 Å². The number of esters is 1. The lowest BCUT2D eigenvalue weighted by Gasteiger charge is -2.13. The van der Waals surface area contributed by atoms with Crippen molar-refractivity contribution in [1.29, 1.82) is 0 Å². The second-order valence-corrected chi connectivity index (χ2v) is 3.31. The van der Waals surface area contributed by atoms with Crippen molar-refractivity contribution in [3.8, 4) is 0 Å². The summed E-state index contributed by atoms with van der Waals surface area (Å²) < 4.78 is 9.74. The van der Waals surface area contributed by atoms with Crippen molar-refractivity contribution in [3.05, 3.63) is 35.9 Å². The van der Waals surface area contributed by atoms with E-state index < -0.39 is 11.9 Å². The first-order chi connectivity index (χ1) is 7.79. The molecule has 0 spiro atoms. The van der Waals surface area contributed by atoms with Crippen molar-refractivity contribution in [2.45, 2.75) is 5.92 Å². The van der Waals surface area contributed by atoms with Crippen LogP contribution < -0.4 is 0 Å². The first-order valence-corrected chi connectivity index (χ1v) is 5.11. The Bertz CT molecular complexity index is 310. The van der Waals surface area contributed by atoms with Crippen LogP contribution in [0, 0.1) is 0 Å². The van der Waals surface area contributed by atoms with Gasteiger partial charge in [-0.15, -0.1) is 0 Å². The molecule has 0 radical (unpaired) electrons. The summed E-state index contributed by atoms with van der Waals surface area (Å²) in [5.41, 5.74) is 0.757. The standard InChI is InChI=1S/C12H16O4/c1-15-7-8-16-12(14)11(9-13)10-5-3-2-4-6-10/h2-6,11,13H,7-9H2,1H3/t11-/m0/s1. The van der Waals surface area contributed by atoms with Crippen molar-refractivity contribution in [1.82, 2.24) is 0 Å². The lowest BCUT2D eigenvalue weighted by Crippen LogP contribution is -2.21. The van der Waals surface area contributed by atoms with Gasteiger partial charge >= 0.3 is 5.97 Å². The lowest BCUT2D eigenvalue weighted by atomic mass is 10.0. The van der Waals surface area contributed by atoms with E-state index in [4.69, 9.17) is 9.47 Å². The van der Waals surface area contributed by atoms with Gasteiger partial charge in [0.1, 0.15) is 12.5 Å². The zero-order chi connectivity index (χ0) is 11.8. The smallest absolute Gasteiger partial charge is 0.315 e. The van der Waals surface area contributed by atoms with Crippen molar-refractivity contribution >= 4 is 5.97 Å². The van der Waals surface area contributed by atoms with Gasteiger partial charge in [-0.2, -0.15) is 0 Å². The SMILES string of the molecule is COCCOC(=O)[C@@H](CO)c1ccccc1. The van der Waals surface area contributed by atoms with Gasteiger partial charge < -0.3 is 14.6 Å². The Morgan fingerprint density at radius 2 is 2.00 bits per heavy atom. The second-order valence-electron chi connectivity index (χ2n) is 3.31. The van der Waals surface area contributed by atoms with Gasteiger partial charge in [0.2, 0.25) is 0 Å². The normalized spacial score (nSPS) is 12.1. The van der Waals surface area contributed by atoms with Crippen LogP contribution in [0.15, 0.2) is 30.3 Å². The fraction of sp³-hybridized carbons (Fsp3) is 0.417. The number of ether oxygens (including phenoxy) is 2. The van der Waals surface area contributed by atoms with Crippen molar-refractivity contribution in [2.24, 2.45) is 0 Å². The van der Waals surface area contributed by atoms with Crippen LogP contribution in [-0.2, 0) is 14.3 Å². The molecule has 1 aromatic carbocycles. The van der Waals surface area contributed by atoms with E-state index in [1.807, 2.05) is 18.2 Å². The number of aliphatic hydroxyl groups excluding tert-OH is 1. The Morgan fingerprint density at radius 1 is 1.31 bits per heavy atom. The van der Waals surface area contributed by atoms with Crippen LogP contribution in [0.5, 0.6) is 0 Å². The largest absolute Gasteiger partial charge is 0.463 e. The van der Waals surface area contributed by atoms with Crippen LogP contribution in [0.4, 0.5) is 0 Å². The summed E-state index contributed by atoms with van der Waals surface area (Å²) in [6, 6.07) is 9.08. The Balaban J connectivity index is 2.57. The highest BCUT2D eigenvalue weighted by Crippen LogP contribution is 2.16. The monoisotopic (exact) mass is 224 g/mol. The van der Waals surface area contributed by atoms with E-state index in [2.05, 4.69) is 0 Å². The summed E-state index contributed by atoms with van der Waals surface area (Å²) in [6.45, 7) is 0.313. The van der Waals surface area contributed by atoms with E-state index in [-0.39, 0.29) is 13.2 Å². The van der Waals surface area contributed by atoms with E-state index in [0.717, 1.165) is 5.56 Å². The highest BCUT2D eigenvalue weighted by molar-refractivity contribution is 5.78. The molecule has 0 bridgehead atoms. The van der Waals surface area contributed by atoms with E-state index in [9.17, 15) is 9.90 Å². The summed E-state index contributed by atoms with van der Waals surface area (Å²) in [5, 5.41) is 9.17. The quantitative estimate of drug-likeness (QED) is 0.577. The molecule has 1 N–H and O–H groups in total. The first-order valence-electron chi connectivity index (χ1n) is 5.11. The third-order valence-corrected chi connectivity index (χ3v) is 2.20. The minimum atomic E-state index is -0.613. The number of aliphatic hydroxyl groups is 1. The molecule has 0 aliphatic carbocycles. The molecule has 0 unspecified atom stereocenters. The third-order valence-electron chi connectivity index (χ3n) is 2.20. The Labute approximate surface area is 94.8 Å². The molecule has 16 heavy (non-hydrogen) atoms. The van der Waals surface area contributed by atoms with Gasteiger partial charge in [-0.1, -0.05) is 30.3 Å². The first kappa shape index (κ1) is 12.7. The highest BCUT2D eigenvalue weighted by Gasteiger charge is 2.20. The lowest BCUT2D eigenvalue weighted by molar-refractivity contribution is -0.147. The number of methoxy groups -OCH3 is 1. The fourth-order valence-electron chi connectivity index (χ4n) is 1.33. The van der Waals surface area contributed by atoms with Crippen molar-refractivity contribution in [3.63, 3.8) is 0 Å². The molecule has 0 saturated carbocycles. The molecule has 4 heteroatoms. The highest BCUT2D eigenvalue weighted by atomic mass is 16.6. The zero-order valence-electron chi connectivity index (χ0n) is 9.26. The van der Waals surface area contributed by atoms with Crippen LogP contribution in [0.1, 0.15) is 11.5 Å². The summed E-state index contributed by atoms with van der Waals surface area (Å²) in [4.78, 5) is 11.6. The molecule has 0 fully saturated rings. The molecule has 0 aromatic heterocycles. The van der Waals surface area contributed by atoms with Crippen LogP contribution in [0.2, 0.25) is 0 Å². The number of carbonyl (C=O) groups is 1.